The van der Waals surface area contributed by atoms with E-state index in [1.165, 1.54) is 0 Å². The topological polar surface area (TPSA) is 21.7 Å². The van der Waals surface area contributed by atoms with Gasteiger partial charge >= 0.3 is 0 Å². The third-order valence-corrected chi connectivity index (χ3v) is 2.10. The summed E-state index contributed by atoms with van der Waals surface area (Å²) < 4.78 is 10.3. The van der Waals surface area contributed by atoms with Crippen molar-refractivity contribution in [1.29, 1.82) is 0 Å². The maximum Gasteiger partial charge on any atom is 0.0642 e. The molecule has 3 heteroatoms. The molecule has 0 aromatic carbocycles. The molecule has 3 nitrogen and oxygen atoms in total. The van der Waals surface area contributed by atoms with Crippen molar-refractivity contribution < 1.29 is 9.47 Å². The van der Waals surface area contributed by atoms with Gasteiger partial charge in [-0.15, -0.1) is 0 Å². The average molecular weight is 185 g/mol. The van der Waals surface area contributed by atoms with E-state index in [0.717, 1.165) is 32.9 Å². The van der Waals surface area contributed by atoms with E-state index >= 15 is 0 Å². The molecule has 0 amide bonds. The molecule has 1 unspecified atom stereocenters. The highest BCUT2D eigenvalue weighted by Crippen LogP contribution is 2.02. The first-order chi connectivity index (χ1) is 6.33. The lowest BCUT2D eigenvalue weighted by Crippen LogP contribution is -2.32. The first-order valence-electron chi connectivity index (χ1n) is 4.82. The van der Waals surface area contributed by atoms with Gasteiger partial charge in [-0.05, 0) is 12.1 Å². The maximum atomic E-state index is 5.25. The summed E-state index contributed by atoms with van der Waals surface area (Å²) in [5, 5.41) is 0. The standard InChI is InChI=1S/C10H19NO2/c1-10(9-12-2)3-4-11-5-7-13-8-6-11/h3-4,10H,5-9H2,1-2H3. The van der Waals surface area contributed by atoms with Gasteiger partial charge < -0.3 is 14.4 Å². The van der Waals surface area contributed by atoms with Crippen LogP contribution in [0.4, 0.5) is 0 Å². The Kier molecular flexibility index (Phi) is 4.86. The van der Waals surface area contributed by atoms with Crippen LogP contribution in [-0.2, 0) is 9.47 Å². The number of methoxy groups -OCH3 is 1. The number of hydrogen-bond donors (Lipinski definition) is 0. The van der Waals surface area contributed by atoms with Gasteiger partial charge in [0, 0.05) is 20.2 Å². The molecule has 1 heterocycles. The summed E-state index contributed by atoms with van der Waals surface area (Å²) in [4.78, 5) is 2.29. The highest BCUT2D eigenvalue weighted by atomic mass is 16.5. The number of nitrogens with zero attached hydrogens (tertiary/aromatic N) is 1. The van der Waals surface area contributed by atoms with E-state index in [2.05, 4.69) is 24.1 Å². The fraction of sp³-hybridized carbons (Fsp3) is 0.800. The van der Waals surface area contributed by atoms with E-state index in [0.29, 0.717) is 5.92 Å². The molecule has 0 radical (unpaired) electrons. The van der Waals surface area contributed by atoms with E-state index in [1.807, 2.05) is 0 Å². The zero-order chi connectivity index (χ0) is 9.52. The molecule has 1 rings (SSSR count). The molecule has 0 aromatic rings. The molecular formula is C10H19NO2. The molecule has 1 atom stereocenters. The Bertz CT molecular complexity index is 153. The van der Waals surface area contributed by atoms with Crippen LogP contribution in [0.5, 0.6) is 0 Å². The molecule has 76 valence electrons. The summed E-state index contributed by atoms with van der Waals surface area (Å²) >= 11 is 0. The van der Waals surface area contributed by atoms with Crippen LogP contribution in [0.25, 0.3) is 0 Å². The Labute approximate surface area is 80.3 Å². The molecule has 1 fully saturated rings. The van der Waals surface area contributed by atoms with Crippen molar-refractivity contribution in [2.24, 2.45) is 5.92 Å². The summed E-state index contributed by atoms with van der Waals surface area (Å²) in [6, 6.07) is 0. The lowest BCUT2D eigenvalue weighted by atomic mass is 10.2. The Morgan fingerprint density at radius 1 is 1.46 bits per heavy atom. The van der Waals surface area contributed by atoms with Gasteiger partial charge in [0.25, 0.3) is 0 Å². The zero-order valence-corrected chi connectivity index (χ0v) is 8.53. The SMILES string of the molecule is COCC(C)C=CN1CCOCC1. The van der Waals surface area contributed by atoms with Gasteiger partial charge in [0.05, 0.1) is 19.8 Å². The molecule has 1 saturated heterocycles. The molecule has 1 aliphatic heterocycles. The van der Waals surface area contributed by atoms with E-state index in [9.17, 15) is 0 Å². The minimum atomic E-state index is 0.493. The summed E-state index contributed by atoms with van der Waals surface area (Å²) in [6.07, 6.45) is 4.35. The third kappa shape index (κ3) is 4.29. The van der Waals surface area contributed by atoms with E-state index in [1.54, 1.807) is 7.11 Å². The van der Waals surface area contributed by atoms with Crippen LogP contribution >= 0.6 is 0 Å². The summed E-state index contributed by atoms with van der Waals surface area (Å²) in [7, 11) is 1.74. The summed E-state index contributed by atoms with van der Waals surface area (Å²) in [6.45, 7) is 6.67. The van der Waals surface area contributed by atoms with Crippen LogP contribution in [-0.4, -0.2) is 44.9 Å². The molecule has 1 aliphatic rings. The maximum absolute atomic E-state index is 5.25. The van der Waals surface area contributed by atoms with Crippen LogP contribution in [0.15, 0.2) is 12.3 Å². The minimum absolute atomic E-state index is 0.493. The molecular weight excluding hydrogens is 166 g/mol. The van der Waals surface area contributed by atoms with Crippen LogP contribution in [0.2, 0.25) is 0 Å². The Balaban J connectivity index is 2.20. The van der Waals surface area contributed by atoms with Gasteiger partial charge in [0.2, 0.25) is 0 Å². The second-order valence-corrected chi connectivity index (χ2v) is 3.42. The third-order valence-electron chi connectivity index (χ3n) is 2.10. The highest BCUT2D eigenvalue weighted by Gasteiger charge is 2.05. The van der Waals surface area contributed by atoms with Gasteiger partial charge in [-0.25, -0.2) is 0 Å². The molecule has 0 spiro atoms. The lowest BCUT2D eigenvalue weighted by molar-refractivity contribution is 0.0590. The molecule has 0 aliphatic carbocycles. The predicted molar refractivity (Wildman–Crippen MR) is 52.6 cm³/mol. The predicted octanol–water partition coefficient (Wildman–Crippen LogP) is 1.11. The van der Waals surface area contributed by atoms with E-state index < -0.39 is 0 Å². The van der Waals surface area contributed by atoms with Crippen molar-refractivity contribution in [3.63, 3.8) is 0 Å². The fourth-order valence-electron chi connectivity index (χ4n) is 1.31. The highest BCUT2D eigenvalue weighted by molar-refractivity contribution is 4.87. The molecule has 13 heavy (non-hydrogen) atoms. The fourth-order valence-corrected chi connectivity index (χ4v) is 1.31. The van der Waals surface area contributed by atoms with Gasteiger partial charge in [-0.2, -0.15) is 0 Å². The van der Waals surface area contributed by atoms with Gasteiger partial charge in [0.15, 0.2) is 0 Å². The second-order valence-electron chi connectivity index (χ2n) is 3.42. The van der Waals surface area contributed by atoms with Crippen molar-refractivity contribution in [2.75, 3.05) is 40.0 Å². The Hall–Kier alpha value is -0.540. The number of morpholine rings is 1. The van der Waals surface area contributed by atoms with Crippen molar-refractivity contribution in [2.45, 2.75) is 6.92 Å². The van der Waals surface area contributed by atoms with Gasteiger partial charge in [-0.1, -0.05) is 13.0 Å². The number of rotatable bonds is 4. The smallest absolute Gasteiger partial charge is 0.0642 e. The van der Waals surface area contributed by atoms with Crippen molar-refractivity contribution in [3.8, 4) is 0 Å². The molecule has 0 saturated carbocycles. The quantitative estimate of drug-likeness (QED) is 0.655. The van der Waals surface area contributed by atoms with E-state index in [4.69, 9.17) is 9.47 Å². The van der Waals surface area contributed by atoms with Crippen LogP contribution < -0.4 is 0 Å². The number of ether oxygens (including phenoxy) is 2. The van der Waals surface area contributed by atoms with Gasteiger partial charge in [-0.3, -0.25) is 0 Å². The molecule has 0 aromatic heterocycles. The molecule has 0 N–H and O–H groups in total. The van der Waals surface area contributed by atoms with Crippen molar-refractivity contribution >= 4 is 0 Å². The average Bonchev–Trinajstić information content (AvgIpc) is 2.17. The summed E-state index contributed by atoms with van der Waals surface area (Å²) in [5.41, 5.74) is 0. The first kappa shape index (κ1) is 10.5. The van der Waals surface area contributed by atoms with Crippen LogP contribution in [0, 0.1) is 5.92 Å². The Morgan fingerprint density at radius 2 is 2.15 bits per heavy atom. The number of hydrogen-bond acceptors (Lipinski definition) is 3. The largest absolute Gasteiger partial charge is 0.384 e. The van der Waals surface area contributed by atoms with Crippen molar-refractivity contribution in [3.05, 3.63) is 12.3 Å². The first-order valence-corrected chi connectivity index (χ1v) is 4.82. The minimum Gasteiger partial charge on any atom is -0.384 e. The Morgan fingerprint density at radius 3 is 2.77 bits per heavy atom. The van der Waals surface area contributed by atoms with Crippen LogP contribution in [0.3, 0.4) is 0 Å². The zero-order valence-electron chi connectivity index (χ0n) is 8.53. The monoisotopic (exact) mass is 185 g/mol. The van der Waals surface area contributed by atoms with Crippen LogP contribution in [0.1, 0.15) is 6.92 Å². The lowest BCUT2D eigenvalue weighted by Gasteiger charge is -2.25. The van der Waals surface area contributed by atoms with Gasteiger partial charge in [0.1, 0.15) is 0 Å². The normalized spacial score (nSPS) is 20.9. The second kappa shape index (κ2) is 6.00. The van der Waals surface area contributed by atoms with E-state index in [-0.39, 0.29) is 0 Å². The molecule has 0 bridgehead atoms. The summed E-state index contributed by atoms with van der Waals surface area (Å²) in [5.74, 6) is 0.493. The van der Waals surface area contributed by atoms with Crippen molar-refractivity contribution in [1.82, 2.24) is 4.90 Å².